The van der Waals surface area contributed by atoms with E-state index in [4.69, 9.17) is 21.6 Å². The van der Waals surface area contributed by atoms with Gasteiger partial charge in [-0.1, -0.05) is 48.0 Å². The number of nitrogens with zero attached hydrogens (tertiary/aromatic N) is 7. The van der Waals surface area contributed by atoms with Crippen LogP contribution in [0.15, 0.2) is 49.3 Å². The van der Waals surface area contributed by atoms with Crippen LogP contribution in [-0.2, 0) is 4.79 Å². The lowest BCUT2D eigenvalue weighted by Crippen LogP contribution is -2.57. The van der Waals surface area contributed by atoms with Crippen molar-refractivity contribution in [3.63, 3.8) is 0 Å². The van der Waals surface area contributed by atoms with Crippen LogP contribution in [-0.4, -0.2) is 76.1 Å². The van der Waals surface area contributed by atoms with E-state index in [0.29, 0.717) is 58.3 Å². The molecule has 0 spiro atoms. The number of fused-ring (bicyclic) bond motifs is 3. The van der Waals surface area contributed by atoms with Crippen molar-refractivity contribution >= 4 is 45.3 Å². The summed E-state index contributed by atoms with van der Waals surface area (Å²) >= 11 is 6.83. The van der Waals surface area contributed by atoms with E-state index in [2.05, 4.69) is 41.1 Å². The number of anilines is 1. The van der Waals surface area contributed by atoms with E-state index >= 15 is 4.39 Å². The Hall–Kier alpha value is -4.00. The summed E-state index contributed by atoms with van der Waals surface area (Å²) in [6, 6.07) is 11.7. The number of pyridine rings is 1. The number of benzene rings is 2. The van der Waals surface area contributed by atoms with Gasteiger partial charge in [-0.15, -0.1) is 0 Å². The first-order valence-electron chi connectivity index (χ1n) is 14.2. The monoisotopic (exact) mass is 585 g/mol. The Labute approximate surface area is 249 Å². The van der Waals surface area contributed by atoms with Gasteiger partial charge < -0.3 is 19.3 Å². The zero-order valence-electron chi connectivity index (χ0n) is 24.0. The lowest BCUT2D eigenvalue weighted by Gasteiger charge is -2.43. The smallest absolute Gasteiger partial charge is 0.246 e. The molecule has 0 unspecified atom stereocenters. The summed E-state index contributed by atoms with van der Waals surface area (Å²) in [5.41, 5.74) is 3.75. The molecule has 2 aromatic carbocycles. The quantitative estimate of drug-likeness (QED) is 0.269. The van der Waals surface area contributed by atoms with Gasteiger partial charge in [-0.3, -0.25) is 4.79 Å². The van der Waals surface area contributed by atoms with Crippen molar-refractivity contribution in [2.24, 2.45) is 0 Å². The Morgan fingerprint density at radius 3 is 2.76 bits per heavy atom. The number of rotatable bonds is 6. The summed E-state index contributed by atoms with van der Waals surface area (Å²) < 4.78 is 18.7. The van der Waals surface area contributed by atoms with Crippen molar-refractivity contribution < 1.29 is 9.18 Å². The van der Waals surface area contributed by atoms with Crippen molar-refractivity contribution in [3.8, 4) is 17.2 Å². The average Bonchev–Trinajstić information content (AvgIpc) is 3.38. The van der Waals surface area contributed by atoms with Crippen molar-refractivity contribution in [2.75, 3.05) is 38.6 Å². The summed E-state index contributed by atoms with van der Waals surface area (Å²) in [5.74, 6) is 0.0166. The third-order valence-electron chi connectivity index (χ3n) is 8.74. The first-order chi connectivity index (χ1) is 20.2. The maximum atomic E-state index is 16.6. The third-order valence-corrected chi connectivity index (χ3v) is 9.03. The molecule has 2 aromatic heterocycles. The molecule has 2 saturated heterocycles. The van der Waals surface area contributed by atoms with Crippen LogP contribution < -0.4 is 4.90 Å². The van der Waals surface area contributed by atoms with Crippen LogP contribution in [0, 0.1) is 24.1 Å². The second kappa shape index (κ2) is 11.0. The van der Waals surface area contributed by atoms with Crippen LogP contribution in [0.4, 0.5) is 10.2 Å². The molecule has 0 bridgehead atoms. The molecule has 1 amide bonds. The Balaban J connectivity index is 1.53. The Bertz CT molecular complexity index is 1750. The number of carbonyl (C=O) groups is 1. The maximum Gasteiger partial charge on any atom is 0.246 e. The predicted octanol–water partition coefficient (Wildman–Crippen LogP) is 5.73. The van der Waals surface area contributed by atoms with Gasteiger partial charge in [-0.05, 0) is 51.6 Å². The third kappa shape index (κ3) is 4.69. The van der Waals surface area contributed by atoms with Gasteiger partial charge in [-0.25, -0.2) is 14.4 Å². The average molecular weight is 586 g/mol. The standard InChI is InChI=1S/C32H33ClFN7O/c1-5-26(42)40-12-10-22(14-21(40)9-11-35)41-18-36-30-31(41)24-15-25(33)27(20-8-6-7-19(2)13-20)28(34)29(24)37-32(30)39-16-23(17-39)38(3)4/h5-8,13,15,18,21-23H,1,9-10,12,14,16-17H2,2-4H3/t21-,22+/m1/s1. The van der Waals surface area contributed by atoms with Crippen LogP contribution in [0.3, 0.4) is 0 Å². The lowest BCUT2D eigenvalue weighted by atomic mass is 9.94. The highest BCUT2D eigenvalue weighted by Gasteiger charge is 2.35. The van der Waals surface area contributed by atoms with Crippen LogP contribution in [0.25, 0.3) is 33.1 Å². The molecule has 10 heteroatoms. The minimum atomic E-state index is -0.461. The molecule has 0 saturated carbocycles. The van der Waals surface area contributed by atoms with E-state index in [0.717, 1.165) is 24.2 Å². The van der Waals surface area contributed by atoms with Crippen molar-refractivity contribution in [1.29, 1.82) is 5.26 Å². The molecule has 2 aliphatic heterocycles. The molecular formula is C32H33ClFN7O. The Kier molecular flexibility index (Phi) is 7.37. The van der Waals surface area contributed by atoms with Crippen LogP contribution in [0.1, 0.15) is 30.9 Å². The molecule has 4 heterocycles. The summed E-state index contributed by atoms with van der Waals surface area (Å²) in [6.07, 6.45) is 4.54. The van der Waals surface area contributed by atoms with Crippen LogP contribution in [0.2, 0.25) is 5.02 Å². The first-order valence-corrected chi connectivity index (χ1v) is 14.6. The molecular weight excluding hydrogens is 553 g/mol. The molecule has 2 fully saturated rings. The summed E-state index contributed by atoms with van der Waals surface area (Å²) in [6.45, 7) is 7.61. The van der Waals surface area contributed by atoms with E-state index in [1.54, 1.807) is 17.3 Å². The number of aryl methyl sites for hydroxylation is 1. The molecule has 0 N–H and O–H groups in total. The fourth-order valence-electron chi connectivity index (χ4n) is 6.35. The number of hydrogen-bond donors (Lipinski definition) is 0. The van der Waals surface area contributed by atoms with Gasteiger partial charge in [0, 0.05) is 48.7 Å². The van der Waals surface area contributed by atoms with Gasteiger partial charge >= 0.3 is 0 Å². The summed E-state index contributed by atoms with van der Waals surface area (Å²) in [4.78, 5) is 28.3. The number of likely N-dealkylation sites (tertiary alicyclic amines) is 1. The molecule has 2 aliphatic rings. The van der Waals surface area contributed by atoms with E-state index in [1.807, 2.05) is 31.2 Å². The van der Waals surface area contributed by atoms with Gasteiger partial charge in [0.25, 0.3) is 0 Å². The topological polar surface area (TPSA) is 81.3 Å². The second-order valence-electron chi connectivity index (χ2n) is 11.5. The molecule has 0 aliphatic carbocycles. The number of hydrogen-bond acceptors (Lipinski definition) is 6. The minimum Gasteiger partial charge on any atom is -0.351 e. The summed E-state index contributed by atoms with van der Waals surface area (Å²) in [7, 11) is 4.11. The molecule has 2 atom stereocenters. The zero-order valence-corrected chi connectivity index (χ0v) is 24.8. The normalized spacial score (nSPS) is 19.4. The van der Waals surface area contributed by atoms with E-state index in [9.17, 15) is 10.1 Å². The number of nitriles is 1. The van der Waals surface area contributed by atoms with E-state index in [-0.39, 0.29) is 29.9 Å². The Morgan fingerprint density at radius 2 is 2.07 bits per heavy atom. The largest absolute Gasteiger partial charge is 0.351 e. The fourth-order valence-corrected chi connectivity index (χ4v) is 6.66. The van der Waals surface area contributed by atoms with Crippen LogP contribution >= 0.6 is 11.6 Å². The highest BCUT2D eigenvalue weighted by molar-refractivity contribution is 6.34. The lowest BCUT2D eigenvalue weighted by molar-refractivity contribution is -0.130. The van der Waals surface area contributed by atoms with Gasteiger partial charge in [-0.2, -0.15) is 5.26 Å². The number of imidazole rings is 1. The van der Waals surface area contributed by atoms with Crippen LogP contribution in [0.5, 0.6) is 0 Å². The van der Waals surface area contributed by atoms with Crippen molar-refractivity contribution in [3.05, 3.63) is 65.7 Å². The fraction of sp³-hybridized carbons (Fsp3) is 0.375. The Morgan fingerprint density at radius 1 is 1.29 bits per heavy atom. The SMILES string of the molecule is C=CC(=O)N1CC[C@H](n2cnc3c(N4CC(N(C)C)C4)nc4c(F)c(-c5cccc(C)c5)c(Cl)cc4c32)C[C@H]1CC#N. The zero-order chi connectivity index (χ0) is 29.7. The predicted molar refractivity (Wildman–Crippen MR) is 164 cm³/mol. The highest BCUT2D eigenvalue weighted by Crippen LogP contribution is 2.42. The number of piperidine rings is 1. The molecule has 42 heavy (non-hydrogen) atoms. The highest BCUT2D eigenvalue weighted by atomic mass is 35.5. The van der Waals surface area contributed by atoms with Gasteiger partial charge in [0.05, 0.1) is 29.4 Å². The first kappa shape index (κ1) is 28.1. The molecule has 8 nitrogen and oxygen atoms in total. The van der Waals surface area contributed by atoms with Gasteiger partial charge in [0.15, 0.2) is 11.6 Å². The number of halogens is 2. The molecule has 0 radical (unpaired) electrons. The van der Waals surface area contributed by atoms with E-state index < -0.39 is 5.82 Å². The van der Waals surface area contributed by atoms with Gasteiger partial charge in [0.2, 0.25) is 5.91 Å². The van der Waals surface area contributed by atoms with E-state index in [1.165, 1.54) is 6.08 Å². The summed E-state index contributed by atoms with van der Waals surface area (Å²) in [5, 5.41) is 10.4. The number of carbonyl (C=O) groups excluding carboxylic acids is 1. The molecule has 4 aromatic rings. The van der Waals surface area contributed by atoms with Crippen molar-refractivity contribution in [2.45, 2.75) is 44.3 Å². The maximum absolute atomic E-state index is 16.6. The van der Waals surface area contributed by atoms with Crippen molar-refractivity contribution in [1.82, 2.24) is 24.3 Å². The molecule has 216 valence electrons. The number of likely N-dealkylation sites (N-methyl/N-ethyl adjacent to an activating group) is 1. The second-order valence-corrected chi connectivity index (χ2v) is 12.0. The minimum absolute atomic E-state index is 0.0511. The molecule has 6 rings (SSSR count). The van der Waals surface area contributed by atoms with Gasteiger partial charge in [0.1, 0.15) is 11.0 Å². The number of aromatic nitrogens is 3. The number of amides is 1.